The number of Topliss-reactive ketones (excluding diaryl/α,β-unsaturated/α-hetero) is 2. The van der Waals surface area contributed by atoms with Gasteiger partial charge in [-0.15, -0.1) is 0 Å². The van der Waals surface area contributed by atoms with Crippen molar-refractivity contribution in [3.05, 3.63) is 71.4 Å². The molecule has 2 aliphatic heterocycles. The van der Waals surface area contributed by atoms with Gasteiger partial charge in [0, 0.05) is 68.5 Å². The molecular weight excluding hydrogens is 1360 g/mol. The molecule has 15 rings (SSSR count). The van der Waals surface area contributed by atoms with E-state index in [0.717, 1.165) is 68.6 Å². The van der Waals surface area contributed by atoms with Crippen molar-refractivity contribution in [3.63, 3.8) is 0 Å². The third-order valence-electron chi connectivity index (χ3n) is 30.7. The summed E-state index contributed by atoms with van der Waals surface area (Å²) in [5.74, 6) is -2.18. The molecule has 2 saturated heterocycles. The van der Waals surface area contributed by atoms with Crippen molar-refractivity contribution in [2.75, 3.05) is 19.2 Å². The zero-order valence-corrected chi connectivity index (χ0v) is 63.8. The molecule has 574 valence electrons. The highest BCUT2D eigenvalue weighted by atomic mass is 32.2. The fourth-order valence-electron chi connectivity index (χ4n) is 25.5. The third-order valence-corrected chi connectivity index (χ3v) is 31.4. The molecule has 2 heterocycles. The van der Waals surface area contributed by atoms with Gasteiger partial charge in [0.2, 0.25) is 5.12 Å². The van der Waals surface area contributed by atoms with Crippen molar-refractivity contribution in [1.82, 2.24) is 0 Å². The standard InChI is InChI=1S/C33H48O6.C25H31F3O5S.C25H34O6/c1-19(2)20(3)37-18-27(36)33-28(38-30(39-33)21-9-7-6-8-10-21)16-25-24-12-11-22-15-23(34)13-14-31(22,4)29(24)26(35)17-32(25,33)5;1-5-20(31)33-25(21(32)34-12-26)13(2)8-15-16-10-18(27)17-9-14(29)6-7-22(17,3)24(16,28)19(30)11-23(15,25)4;1-4-5-21-30-20-11-17-16-7-6-14-10-15(27)8-9-23(14,2)22(16)18(28)12-24(17,3)25(20,31-21)19(29)13-26/h13-15,19-21,24-26,28-30,35H,6-12,16-18H2,1-5H3;6-7,9,13,15-16,18-19,30H,5,8,10-12H2,1-4H3;8-10,16-18,20-22,26,28H,4-7,11-13H2,1-3H3/t20?,24?,25?,26-,28+,29?,30+,31-,32-,33+;13-,15+,16+,18+,19+,22+,23+,24+,25+;16?,17?,18-,20+,21+,22?,23-,24-,25+/m010/s1. The summed E-state index contributed by atoms with van der Waals surface area (Å²) in [5.41, 5.74) is -8.73. The second-order valence-corrected chi connectivity index (χ2v) is 36.6. The second-order valence-electron chi connectivity index (χ2n) is 35.7. The topological polar surface area (TPSA) is 256 Å². The largest absolute Gasteiger partial charge is 0.449 e. The second kappa shape index (κ2) is 27.9. The Morgan fingerprint density at radius 1 is 0.673 bits per heavy atom. The van der Waals surface area contributed by atoms with Gasteiger partial charge in [0.25, 0.3) is 0 Å². The fraction of sp³-hybridized carbons (Fsp3) is 0.771. The number of hydrogen-bond donors (Lipinski definition) is 4. The number of aliphatic hydroxyl groups is 4. The molecule has 0 radical (unpaired) electrons. The molecule has 21 heteroatoms. The summed E-state index contributed by atoms with van der Waals surface area (Å²) in [6.45, 7) is 22.8. The van der Waals surface area contributed by atoms with Crippen LogP contribution in [0.15, 0.2) is 71.4 Å². The van der Waals surface area contributed by atoms with E-state index in [1.165, 1.54) is 38.3 Å². The average Bonchev–Trinajstić information content (AvgIpc) is 1.39. The first-order valence-corrected chi connectivity index (χ1v) is 40.2. The van der Waals surface area contributed by atoms with Crippen molar-refractivity contribution in [2.45, 2.75) is 283 Å². The van der Waals surface area contributed by atoms with E-state index in [2.05, 4.69) is 48.5 Å². The lowest BCUT2D eigenvalue weighted by molar-refractivity contribution is -0.228. The molecule has 13 aliphatic carbocycles. The van der Waals surface area contributed by atoms with Crippen LogP contribution in [0, 0.1) is 97.6 Å². The van der Waals surface area contributed by atoms with E-state index < -0.39 is 128 Å². The number of carbonyl (C=O) groups is 7. The number of carbonyl (C=O) groups excluding carboxylic acids is 7. The van der Waals surface area contributed by atoms with E-state index in [-0.39, 0.29) is 126 Å². The first kappa shape index (κ1) is 77.9. The molecular formula is C83H113F3O17S. The minimum Gasteiger partial charge on any atom is -0.449 e. The number of aliphatic hydroxyl groups excluding tert-OH is 4. The van der Waals surface area contributed by atoms with Gasteiger partial charge in [-0.2, -0.15) is 0 Å². The normalized spacial score (nSPS) is 47.9. The number of hydrogen-bond acceptors (Lipinski definition) is 18. The number of esters is 1. The maximum Gasteiger partial charge on any atom is 0.306 e. The summed E-state index contributed by atoms with van der Waals surface area (Å²) >= 11 is 0.396. The number of halogens is 3. The van der Waals surface area contributed by atoms with Gasteiger partial charge in [-0.1, -0.05) is 124 Å². The molecule has 10 saturated carbocycles. The van der Waals surface area contributed by atoms with E-state index in [1.807, 2.05) is 19.1 Å². The summed E-state index contributed by atoms with van der Waals surface area (Å²) in [7, 11) is 0. The molecule has 15 aliphatic rings. The molecule has 0 aromatic carbocycles. The fourth-order valence-corrected chi connectivity index (χ4v) is 26.3. The average molecular weight is 1470 g/mol. The van der Waals surface area contributed by atoms with Crippen LogP contribution in [0.1, 0.15) is 205 Å². The van der Waals surface area contributed by atoms with Crippen LogP contribution in [0.2, 0.25) is 0 Å². The number of rotatable bonds is 14. The summed E-state index contributed by atoms with van der Waals surface area (Å²) in [6, 6.07) is -1.02. The zero-order chi connectivity index (χ0) is 75.2. The zero-order valence-electron chi connectivity index (χ0n) is 62.9. The molecule has 0 spiro atoms. The summed E-state index contributed by atoms with van der Waals surface area (Å²) in [4.78, 5) is 89.6. The Labute approximate surface area is 615 Å². The molecule has 7 unspecified atom stereocenters. The Bertz CT molecular complexity index is 3640. The summed E-state index contributed by atoms with van der Waals surface area (Å²) < 4.78 is 84.4. The number of ether oxygens (including phenoxy) is 6. The number of thioether (sulfide) groups is 1. The maximum absolute atomic E-state index is 17.2. The minimum absolute atomic E-state index is 0.0114. The number of fused-ring (bicyclic) bond motifs is 19. The van der Waals surface area contributed by atoms with Crippen molar-refractivity contribution in [3.8, 4) is 0 Å². The molecule has 28 atom stereocenters. The van der Waals surface area contributed by atoms with Crippen molar-refractivity contribution in [1.29, 1.82) is 0 Å². The summed E-state index contributed by atoms with van der Waals surface area (Å²) in [5, 5.41) is 44.0. The smallest absolute Gasteiger partial charge is 0.306 e. The van der Waals surface area contributed by atoms with Gasteiger partial charge in [-0.25, -0.2) is 13.2 Å². The molecule has 0 aromatic rings. The minimum atomic E-state index is -2.30. The Morgan fingerprint density at radius 3 is 1.76 bits per heavy atom. The van der Waals surface area contributed by atoms with Crippen LogP contribution in [0.25, 0.3) is 0 Å². The van der Waals surface area contributed by atoms with Crippen molar-refractivity contribution in [2.24, 2.45) is 97.6 Å². The Balaban J connectivity index is 0.000000140. The quantitative estimate of drug-likeness (QED) is 0.118. The first-order valence-electron chi connectivity index (χ1n) is 39.2. The maximum atomic E-state index is 17.2. The lowest BCUT2D eigenvalue weighted by Crippen LogP contribution is -2.70. The molecule has 17 nitrogen and oxygen atoms in total. The Kier molecular flexibility index (Phi) is 20.9. The molecule has 104 heavy (non-hydrogen) atoms. The van der Waals surface area contributed by atoms with Gasteiger partial charge in [-0.3, -0.25) is 33.6 Å². The van der Waals surface area contributed by atoms with Crippen molar-refractivity contribution >= 4 is 51.8 Å². The van der Waals surface area contributed by atoms with Gasteiger partial charge < -0.3 is 48.8 Å². The van der Waals surface area contributed by atoms with Gasteiger partial charge in [0.05, 0.1) is 36.6 Å². The van der Waals surface area contributed by atoms with E-state index >= 15 is 8.78 Å². The van der Waals surface area contributed by atoms with E-state index in [1.54, 1.807) is 45.1 Å². The SMILES string of the molecule is CC(C)C(C)OCC(=O)[C@@]12O[C@H](C3CCCCC3)O[C@@H]1CC1C3CCC4=CC(=O)C=C[C@]4(C)C3[C@@H](O)C[C@@]12C.CCC(=O)O[C@]1(C(=O)SCF)[C@H](C)C[C@H]2[C@@H]3C[C@H](F)C4=CC(=O)C=C[C@]4(C)[C@@]3(F)[C@@H](O)C[C@@]21C.CCC[C@@H]1O[C@@H]2CC3C4CCC5=CC(=O)C=C[C@]5(C)C4[C@@H](O)C[C@]3(C)[C@]2(C(=O)CO)O1. The molecule has 4 N–H and O–H groups in total. The highest BCUT2D eigenvalue weighted by Crippen LogP contribution is 2.75. The number of alkyl halides is 3. The van der Waals surface area contributed by atoms with Crippen molar-refractivity contribution < 1.29 is 95.6 Å². The van der Waals surface area contributed by atoms with Crippen LogP contribution in [-0.2, 0) is 62.0 Å². The highest BCUT2D eigenvalue weighted by molar-refractivity contribution is 8.13. The molecule has 12 fully saturated rings. The van der Waals surface area contributed by atoms with E-state index in [0.29, 0.717) is 49.3 Å². The summed E-state index contributed by atoms with van der Waals surface area (Å²) in [6.07, 6.45) is 21.5. The Morgan fingerprint density at radius 2 is 1.22 bits per heavy atom. The van der Waals surface area contributed by atoms with Gasteiger partial charge in [-0.05, 0) is 193 Å². The number of ketones is 5. The van der Waals surface area contributed by atoms with E-state index in [9.17, 15) is 58.4 Å². The lowest BCUT2D eigenvalue weighted by atomic mass is 9.44. The van der Waals surface area contributed by atoms with Gasteiger partial charge in [0.1, 0.15) is 25.4 Å². The molecule has 0 bridgehead atoms. The number of allylic oxidation sites excluding steroid dienone is 12. The monoisotopic (exact) mass is 1470 g/mol. The lowest BCUT2D eigenvalue weighted by Gasteiger charge is -2.63. The van der Waals surface area contributed by atoms with Gasteiger partial charge >= 0.3 is 5.97 Å². The van der Waals surface area contributed by atoms with Crippen LogP contribution >= 0.6 is 11.8 Å². The van der Waals surface area contributed by atoms with Gasteiger partial charge in [0.15, 0.2) is 64.0 Å². The van der Waals surface area contributed by atoms with Crippen LogP contribution in [0.5, 0.6) is 0 Å². The Hall–Kier alpha value is -4.29. The van der Waals surface area contributed by atoms with Crippen LogP contribution < -0.4 is 0 Å². The predicted octanol–water partition coefficient (Wildman–Crippen LogP) is 12.7. The van der Waals surface area contributed by atoms with E-state index in [4.69, 9.17) is 28.4 Å². The first-order chi connectivity index (χ1) is 49.0. The highest BCUT2D eigenvalue weighted by Gasteiger charge is 2.81. The molecule has 0 aromatic heterocycles. The van der Waals surface area contributed by atoms with Crippen LogP contribution in [0.3, 0.4) is 0 Å². The van der Waals surface area contributed by atoms with Crippen LogP contribution in [0.4, 0.5) is 13.2 Å². The predicted molar refractivity (Wildman–Crippen MR) is 381 cm³/mol. The van der Waals surface area contributed by atoms with Crippen LogP contribution in [-0.4, -0.2) is 157 Å². The third kappa shape index (κ3) is 11.3. The molecule has 0 amide bonds.